The molecule has 0 saturated heterocycles. The van der Waals surface area contributed by atoms with Gasteiger partial charge in [0.05, 0.1) is 0 Å². The Labute approximate surface area is 115 Å². The van der Waals surface area contributed by atoms with Gasteiger partial charge < -0.3 is 10.2 Å². The minimum Gasteiger partial charge on any atom is -0.366 e. The van der Waals surface area contributed by atoms with Gasteiger partial charge in [0.25, 0.3) is 0 Å². The molecule has 0 unspecified atom stereocenters. The number of fused-ring (bicyclic) bond motifs is 1. The van der Waals surface area contributed by atoms with E-state index in [1.165, 1.54) is 22.4 Å². The maximum absolute atomic E-state index is 3.52. The lowest BCUT2D eigenvalue weighted by molar-refractivity contribution is 0.631. The fourth-order valence-corrected chi connectivity index (χ4v) is 2.65. The van der Waals surface area contributed by atoms with Crippen molar-refractivity contribution in [3.05, 3.63) is 65.2 Å². The molecule has 1 aliphatic heterocycles. The Balaban J connectivity index is 1.91. The summed E-state index contributed by atoms with van der Waals surface area (Å²) in [5, 5.41) is 3.52. The zero-order chi connectivity index (χ0) is 13.1. The van der Waals surface area contributed by atoms with Gasteiger partial charge in [-0.1, -0.05) is 36.4 Å². The Hall–Kier alpha value is -1.80. The molecule has 1 aliphatic rings. The Kier molecular flexibility index (Phi) is 3.51. The van der Waals surface area contributed by atoms with Gasteiger partial charge >= 0.3 is 0 Å². The summed E-state index contributed by atoms with van der Waals surface area (Å²) >= 11 is 0. The largest absolute Gasteiger partial charge is 0.366 e. The molecule has 1 N–H and O–H groups in total. The molecule has 2 heteroatoms. The van der Waals surface area contributed by atoms with Gasteiger partial charge in [0.15, 0.2) is 0 Å². The van der Waals surface area contributed by atoms with Crippen molar-refractivity contribution in [2.24, 2.45) is 0 Å². The van der Waals surface area contributed by atoms with E-state index in [0.717, 1.165) is 26.2 Å². The fourth-order valence-electron chi connectivity index (χ4n) is 2.65. The zero-order valence-corrected chi connectivity index (χ0v) is 11.4. The number of aryl methyl sites for hydroxylation is 1. The number of rotatable bonds is 1. The van der Waals surface area contributed by atoms with Crippen LogP contribution in [0.15, 0.2) is 48.5 Å². The van der Waals surface area contributed by atoms with Crippen LogP contribution in [0.2, 0.25) is 0 Å². The molecule has 98 valence electrons. The highest BCUT2D eigenvalue weighted by Crippen LogP contribution is 2.21. The van der Waals surface area contributed by atoms with Crippen molar-refractivity contribution in [3.8, 4) is 0 Å². The second-order valence-corrected chi connectivity index (χ2v) is 5.21. The summed E-state index contributed by atoms with van der Waals surface area (Å²) < 4.78 is 0. The van der Waals surface area contributed by atoms with Crippen LogP contribution >= 0.6 is 0 Å². The van der Waals surface area contributed by atoms with E-state index in [9.17, 15) is 0 Å². The van der Waals surface area contributed by atoms with Crippen molar-refractivity contribution in [1.82, 2.24) is 5.32 Å². The molecule has 0 saturated carbocycles. The SMILES string of the molecule is Cc1cccc(N2CCNCc3ccccc3C2)c1. The summed E-state index contributed by atoms with van der Waals surface area (Å²) in [6.45, 7) is 6.22. The van der Waals surface area contributed by atoms with Crippen molar-refractivity contribution < 1.29 is 0 Å². The van der Waals surface area contributed by atoms with Gasteiger partial charge in [-0.2, -0.15) is 0 Å². The van der Waals surface area contributed by atoms with E-state index in [-0.39, 0.29) is 0 Å². The lowest BCUT2D eigenvalue weighted by atomic mass is 10.1. The van der Waals surface area contributed by atoms with Gasteiger partial charge in [-0.25, -0.2) is 0 Å². The lowest BCUT2D eigenvalue weighted by Crippen LogP contribution is -2.34. The van der Waals surface area contributed by atoms with Gasteiger partial charge in [0.1, 0.15) is 0 Å². The van der Waals surface area contributed by atoms with Crippen LogP contribution < -0.4 is 10.2 Å². The number of anilines is 1. The third-order valence-electron chi connectivity index (χ3n) is 3.72. The van der Waals surface area contributed by atoms with Crippen LogP contribution in [0.25, 0.3) is 0 Å². The quantitative estimate of drug-likeness (QED) is 0.839. The van der Waals surface area contributed by atoms with Gasteiger partial charge in [-0.05, 0) is 35.7 Å². The molecule has 2 nitrogen and oxygen atoms in total. The summed E-state index contributed by atoms with van der Waals surface area (Å²) in [6, 6.07) is 17.5. The number of nitrogens with zero attached hydrogens (tertiary/aromatic N) is 1. The predicted octanol–water partition coefficient (Wildman–Crippen LogP) is 3.10. The lowest BCUT2D eigenvalue weighted by Gasteiger charge is -2.29. The average molecular weight is 252 g/mol. The minimum atomic E-state index is 0.984. The predicted molar refractivity (Wildman–Crippen MR) is 80.4 cm³/mol. The molecule has 0 aliphatic carbocycles. The number of benzene rings is 2. The summed E-state index contributed by atoms with van der Waals surface area (Å²) in [6.07, 6.45) is 0. The molecule has 0 amide bonds. The van der Waals surface area contributed by atoms with E-state index < -0.39 is 0 Å². The normalized spacial score (nSPS) is 15.5. The maximum atomic E-state index is 3.52. The first kappa shape index (κ1) is 12.2. The molecule has 1 heterocycles. The standard InChI is InChI=1S/C17H20N2/c1-14-5-4-8-17(11-14)19-10-9-18-12-15-6-2-3-7-16(15)13-19/h2-8,11,18H,9-10,12-13H2,1H3. The second-order valence-electron chi connectivity index (χ2n) is 5.21. The van der Waals surface area contributed by atoms with E-state index in [1.807, 2.05) is 0 Å². The summed E-state index contributed by atoms with van der Waals surface area (Å²) in [7, 11) is 0. The Morgan fingerprint density at radius 3 is 2.68 bits per heavy atom. The average Bonchev–Trinajstić information content (AvgIpc) is 2.39. The van der Waals surface area contributed by atoms with Crippen LogP contribution in [0.3, 0.4) is 0 Å². The Morgan fingerprint density at radius 2 is 1.84 bits per heavy atom. The van der Waals surface area contributed by atoms with E-state index in [1.54, 1.807) is 0 Å². The van der Waals surface area contributed by atoms with Crippen LogP contribution in [0.5, 0.6) is 0 Å². The zero-order valence-electron chi connectivity index (χ0n) is 11.4. The molecule has 0 fully saturated rings. The highest BCUT2D eigenvalue weighted by Gasteiger charge is 2.12. The fraction of sp³-hybridized carbons (Fsp3) is 0.294. The minimum absolute atomic E-state index is 0.984. The molecule has 0 radical (unpaired) electrons. The molecular formula is C17H20N2. The summed E-state index contributed by atoms with van der Waals surface area (Å²) in [5.41, 5.74) is 5.48. The van der Waals surface area contributed by atoms with Crippen molar-refractivity contribution >= 4 is 5.69 Å². The van der Waals surface area contributed by atoms with Crippen LogP contribution in [-0.2, 0) is 13.1 Å². The summed E-state index contributed by atoms with van der Waals surface area (Å²) in [5.74, 6) is 0. The van der Waals surface area contributed by atoms with Gasteiger partial charge in [0.2, 0.25) is 0 Å². The smallest absolute Gasteiger partial charge is 0.0433 e. The van der Waals surface area contributed by atoms with Crippen LogP contribution in [0.4, 0.5) is 5.69 Å². The van der Waals surface area contributed by atoms with Gasteiger partial charge in [0, 0.05) is 31.9 Å². The van der Waals surface area contributed by atoms with Gasteiger partial charge in [-0.15, -0.1) is 0 Å². The molecule has 19 heavy (non-hydrogen) atoms. The van der Waals surface area contributed by atoms with Crippen LogP contribution in [0.1, 0.15) is 16.7 Å². The third kappa shape index (κ3) is 2.79. The van der Waals surface area contributed by atoms with Crippen molar-refractivity contribution in [3.63, 3.8) is 0 Å². The van der Waals surface area contributed by atoms with Crippen molar-refractivity contribution in [2.45, 2.75) is 20.0 Å². The summed E-state index contributed by atoms with van der Waals surface area (Å²) in [4.78, 5) is 2.46. The number of hydrogen-bond acceptors (Lipinski definition) is 2. The Morgan fingerprint density at radius 1 is 1.00 bits per heavy atom. The molecule has 0 spiro atoms. The first-order valence-electron chi connectivity index (χ1n) is 6.92. The van der Waals surface area contributed by atoms with Gasteiger partial charge in [-0.3, -0.25) is 0 Å². The first-order chi connectivity index (χ1) is 9.33. The second kappa shape index (κ2) is 5.45. The Bertz CT molecular complexity index is 563. The van der Waals surface area contributed by atoms with Crippen molar-refractivity contribution in [2.75, 3.05) is 18.0 Å². The van der Waals surface area contributed by atoms with E-state index in [0.29, 0.717) is 0 Å². The van der Waals surface area contributed by atoms with E-state index in [4.69, 9.17) is 0 Å². The maximum Gasteiger partial charge on any atom is 0.0433 e. The molecule has 2 aromatic carbocycles. The van der Waals surface area contributed by atoms with Crippen LogP contribution in [0, 0.1) is 6.92 Å². The first-order valence-corrected chi connectivity index (χ1v) is 6.92. The number of nitrogens with one attached hydrogen (secondary N) is 1. The molecule has 0 aromatic heterocycles. The monoisotopic (exact) mass is 252 g/mol. The molecular weight excluding hydrogens is 232 g/mol. The molecule has 3 rings (SSSR count). The van der Waals surface area contributed by atoms with E-state index >= 15 is 0 Å². The number of hydrogen-bond donors (Lipinski definition) is 1. The van der Waals surface area contributed by atoms with E-state index in [2.05, 4.69) is 65.7 Å². The highest BCUT2D eigenvalue weighted by molar-refractivity contribution is 5.49. The third-order valence-corrected chi connectivity index (χ3v) is 3.72. The molecule has 2 aromatic rings. The molecule has 0 atom stereocenters. The van der Waals surface area contributed by atoms with Crippen LogP contribution in [-0.4, -0.2) is 13.1 Å². The highest BCUT2D eigenvalue weighted by atomic mass is 15.1. The molecule has 0 bridgehead atoms. The van der Waals surface area contributed by atoms with Crippen molar-refractivity contribution in [1.29, 1.82) is 0 Å². The topological polar surface area (TPSA) is 15.3 Å².